The van der Waals surface area contributed by atoms with Gasteiger partial charge in [-0.25, -0.2) is 0 Å². The Kier molecular flexibility index (Phi) is 5.41. The second-order valence-electron chi connectivity index (χ2n) is 4.52. The van der Waals surface area contributed by atoms with E-state index in [0.29, 0.717) is 18.0 Å². The van der Waals surface area contributed by atoms with Crippen molar-refractivity contribution in [1.29, 1.82) is 0 Å². The Morgan fingerprint density at radius 3 is 2.81 bits per heavy atom. The molecular formula is C11H21ClN2OS. The molecule has 2 aliphatic heterocycles. The fourth-order valence-electron chi connectivity index (χ4n) is 2.33. The molecule has 3 nitrogen and oxygen atoms in total. The third kappa shape index (κ3) is 2.84. The van der Waals surface area contributed by atoms with Gasteiger partial charge in [-0.2, -0.15) is 0 Å². The Bertz CT molecular complexity index is 246. The number of hydrogen-bond donors (Lipinski definition) is 1. The Morgan fingerprint density at radius 1 is 1.44 bits per heavy atom. The van der Waals surface area contributed by atoms with Gasteiger partial charge in [0.15, 0.2) is 0 Å². The molecule has 0 aromatic heterocycles. The molecule has 0 radical (unpaired) electrons. The minimum Gasteiger partial charge on any atom is -0.336 e. The van der Waals surface area contributed by atoms with Gasteiger partial charge in [0.05, 0.1) is 5.25 Å². The molecule has 2 aliphatic rings. The number of hydrogen-bond acceptors (Lipinski definition) is 3. The first-order valence-corrected chi connectivity index (χ1v) is 6.90. The summed E-state index contributed by atoms with van der Waals surface area (Å²) in [5, 5.41) is 3.65. The molecule has 0 aromatic carbocycles. The average Bonchev–Trinajstić information content (AvgIpc) is 2.74. The number of rotatable bonds is 1. The zero-order valence-electron chi connectivity index (χ0n) is 9.94. The smallest absolute Gasteiger partial charge is 0.236 e. The number of amides is 1. The van der Waals surface area contributed by atoms with E-state index in [1.54, 1.807) is 0 Å². The number of piperazine rings is 1. The van der Waals surface area contributed by atoms with Gasteiger partial charge in [0, 0.05) is 25.2 Å². The van der Waals surface area contributed by atoms with Crippen LogP contribution in [0.3, 0.4) is 0 Å². The first-order valence-electron chi connectivity index (χ1n) is 5.85. The fourth-order valence-corrected chi connectivity index (χ4v) is 3.55. The summed E-state index contributed by atoms with van der Waals surface area (Å²) in [6, 6.07) is 0.765. The number of carbonyl (C=O) groups excluding carboxylic acids is 1. The monoisotopic (exact) mass is 264 g/mol. The van der Waals surface area contributed by atoms with Crippen LogP contribution in [-0.2, 0) is 4.79 Å². The molecule has 1 amide bonds. The van der Waals surface area contributed by atoms with Crippen molar-refractivity contribution in [3.05, 3.63) is 0 Å². The van der Waals surface area contributed by atoms with Crippen molar-refractivity contribution in [3.8, 4) is 0 Å². The topological polar surface area (TPSA) is 32.3 Å². The van der Waals surface area contributed by atoms with Crippen molar-refractivity contribution in [3.63, 3.8) is 0 Å². The predicted molar refractivity (Wildman–Crippen MR) is 71.4 cm³/mol. The van der Waals surface area contributed by atoms with Crippen LogP contribution in [0.15, 0.2) is 0 Å². The van der Waals surface area contributed by atoms with Gasteiger partial charge < -0.3 is 10.2 Å². The summed E-state index contributed by atoms with van der Waals surface area (Å²) in [5.41, 5.74) is 0. The van der Waals surface area contributed by atoms with Crippen molar-refractivity contribution >= 4 is 30.1 Å². The highest BCUT2D eigenvalue weighted by atomic mass is 35.5. The summed E-state index contributed by atoms with van der Waals surface area (Å²) in [6.07, 6.45) is 2.28. The normalized spacial score (nSPS) is 34.6. The van der Waals surface area contributed by atoms with Crippen molar-refractivity contribution in [2.75, 3.05) is 18.8 Å². The molecule has 0 bridgehead atoms. The summed E-state index contributed by atoms with van der Waals surface area (Å²) in [7, 11) is 0. The van der Waals surface area contributed by atoms with Crippen LogP contribution in [0, 0.1) is 0 Å². The number of nitrogens with zero attached hydrogens (tertiary/aromatic N) is 1. The van der Waals surface area contributed by atoms with Gasteiger partial charge in [0.2, 0.25) is 5.91 Å². The largest absolute Gasteiger partial charge is 0.336 e. The maximum absolute atomic E-state index is 12.2. The summed E-state index contributed by atoms with van der Waals surface area (Å²) in [4.78, 5) is 14.3. The maximum Gasteiger partial charge on any atom is 0.236 e. The van der Waals surface area contributed by atoms with E-state index in [1.807, 2.05) is 11.8 Å². The molecule has 5 heteroatoms. The number of thioether (sulfide) groups is 1. The maximum atomic E-state index is 12.2. The molecule has 2 rings (SSSR count). The van der Waals surface area contributed by atoms with E-state index in [4.69, 9.17) is 0 Å². The van der Waals surface area contributed by atoms with Crippen LogP contribution in [-0.4, -0.2) is 47.0 Å². The molecule has 3 atom stereocenters. The van der Waals surface area contributed by atoms with Crippen LogP contribution in [0.4, 0.5) is 0 Å². The first-order chi connectivity index (χ1) is 7.20. The van der Waals surface area contributed by atoms with E-state index in [9.17, 15) is 4.79 Å². The summed E-state index contributed by atoms with van der Waals surface area (Å²) >= 11 is 1.84. The average molecular weight is 265 g/mol. The molecular weight excluding hydrogens is 244 g/mol. The van der Waals surface area contributed by atoms with E-state index < -0.39 is 0 Å². The Labute approximate surface area is 108 Å². The lowest BCUT2D eigenvalue weighted by atomic mass is 10.1. The quantitative estimate of drug-likeness (QED) is 0.779. The summed E-state index contributed by atoms with van der Waals surface area (Å²) in [6.45, 7) is 6.12. The molecule has 2 heterocycles. The molecule has 0 spiro atoms. The fraction of sp³-hybridized carbons (Fsp3) is 0.909. The molecule has 94 valence electrons. The van der Waals surface area contributed by atoms with Crippen LogP contribution >= 0.6 is 24.2 Å². The predicted octanol–water partition coefficient (Wildman–Crippen LogP) is 1.51. The highest BCUT2D eigenvalue weighted by Crippen LogP contribution is 2.28. The summed E-state index contributed by atoms with van der Waals surface area (Å²) < 4.78 is 0. The Balaban J connectivity index is 0.00000128. The van der Waals surface area contributed by atoms with Crippen LogP contribution < -0.4 is 5.32 Å². The van der Waals surface area contributed by atoms with E-state index in [-0.39, 0.29) is 17.7 Å². The minimum absolute atomic E-state index is 0. The third-order valence-electron chi connectivity index (χ3n) is 3.52. The molecule has 0 saturated carbocycles. The standard InChI is InChI=1S/C11H20N2OS.ClH/c1-8-9(2)13(6-5-12-8)11(14)10-4-3-7-15-10;/h8-10,12H,3-7H2,1-2H3;1H. The van der Waals surface area contributed by atoms with E-state index in [1.165, 1.54) is 6.42 Å². The lowest BCUT2D eigenvalue weighted by Crippen LogP contribution is -2.58. The van der Waals surface area contributed by atoms with Gasteiger partial charge in [-0.15, -0.1) is 24.2 Å². The second kappa shape index (κ2) is 6.12. The van der Waals surface area contributed by atoms with Gasteiger partial charge in [-0.3, -0.25) is 4.79 Å². The van der Waals surface area contributed by atoms with E-state index in [0.717, 1.165) is 25.3 Å². The van der Waals surface area contributed by atoms with Crippen LogP contribution in [0.1, 0.15) is 26.7 Å². The van der Waals surface area contributed by atoms with Gasteiger partial charge >= 0.3 is 0 Å². The van der Waals surface area contributed by atoms with Gasteiger partial charge in [-0.1, -0.05) is 0 Å². The zero-order chi connectivity index (χ0) is 10.8. The van der Waals surface area contributed by atoms with Crippen molar-refractivity contribution in [1.82, 2.24) is 10.2 Å². The highest BCUT2D eigenvalue weighted by Gasteiger charge is 2.33. The highest BCUT2D eigenvalue weighted by molar-refractivity contribution is 8.00. The molecule has 0 aromatic rings. The van der Waals surface area contributed by atoms with Crippen molar-refractivity contribution in [2.24, 2.45) is 0 Å². The minimum atomic E-state index is 0. The van der Waals surface area contributed by atoms with Gasteiger partial charge in [0.25, 0.3) is 0 Å². The van der Waals surface area contributed by atoms with Gasteiger partial charge in [-0.05, 0) is 32.4 Å². The number of nitrogens with one attached hydrogen (secondary N) is 1. The Hall–Kier alpha value is 0.0700. The lowest BCUT2D eigenvalue weighted by molar-refractivity contribution is -0.134. The van der Waals surface area contributed by atoms with E-state index in [2.05, 4.69) is 24.1 Å². The number of halogens is 1. The van der Waals surface area contributed by atoms with Crippen molar-refractivity contribution < 1.29 is 4.79 Å². The molecule has 0 aliphatic carbocycles. The molecule has 1 N–H and O–H groups in total. The number of carbonyl (C=O) groups is 1. The SMILES string of the molecule is CC1NCCN(C(=O)C2CCCS2)C1C.Cl. The summed E-state index contributed by atoms with van der Waals surface area (Å²) in [5.74, 6) is 1.53. The Morgan fingerprint density at radius 2 is 2.19 bits per heavy atom. The van der Waals surface area contributed by atoms with Crippen LogP contribution in [0.5, 0.6) is 0 Å². The lowest BCUT2D eigenvalue weighted by Gasteiger charge is -2.39. The van der Waals surface area contributed by atoms with Gasteiger partial charge in [0.1, 0.15) is 0 Å². The first kappa shape index (κ1) is 14.1. The molecule has 2 saturated heterocycles. The third-order valence-corrected chi connectivity index (χ3v) is 4.89. The van der Waals surface area contributed by atoms with Crippen LogP contribution in [0.25, 0.3) is 0 Å². The molecule has 2 fully saturated rings. The molecule has 16 heavy (non-hydrogen) atoms. The van der Waals surface area contributed by atoms with Crippen molar-refractivity contribution in [2.45, 2.75) is 44.0 Å². The van der Waals surface area contributed by atoms with E-state index >= 15 is 0 Å². The van der Waals surface area contributed by atoms with Crippen LogP contribution in [0.2, 0.25) is 0 Å². The molecule has 3 unspecified atom stereocenters. The zero-order valence-corrected chi connectivity index (χ0v) is 11.6. The second-order valence-corrected chi connectivity index (χ2v) is 5.83.